The Morgan fingerprint density at radius 3 is 2.45 bits per heavy atom. The molecular formula is C14H14N2O4S2. The maximum Gasteiger partial charge on any atom is 0.358 e. The highest BCUT2D eigenvalue weighted by atomic mass is 32.2. The average molecular weight is 338 g/mol. The van der Waals surface area contributed by atoms with Gasteiger partial charge in [-0.05, 0) is 31.2 Å². The Morgan fingerprint density at radius 2 is 1.82 bits per heavy atom. The number of benzene rings is 1. The molecule has 0 unspecified atom stereocenters. The number of carbonyl (C=O) groups excluding carboxylic acids is 1. The van der Waals surface area contributed by atoms with Crippen LogP contribution in [-0.4, -0.2) is 20.0 Å². The lowest BCUT2D eigenvalue weighted by Crippen LogP contribution is -2.04. The van der Waals surface area contributed by atoms with Crippen molar-refractivity contribution < 1.29 is 17.5 Å². The Hall–Kier alpha value is -2.19. The molecular weight excluding hydrogens is 324 g/mol. The molecule has 1 amide bonds. The van der Waals surface area contributed by atoms with Crippen LogP contribution in [0, 0.1) is 0 Å². The number of hydrogen-bond acceptors (Lipinski definition) is 6. The van der Waals surface area contributed by atoms with Gasteiger partial charge in [-0.2, -0.15) is 8.42 Å². The van der Waals surface area contributed by atoms with Gasteiger partial charge in [-0.15, -0.1) is 11.3 Å². The molecule has 0 fully saturated rings. The Bertz CT molecular complexity index is 795. The van der Waals surface area contributed by atoms with Crippen molar-refractivity contribution in [2.75, 3.05) is 5.32 Å². The Kier molecular flexibility index (Phi) is 4.94. The molecule has 8 heteroatoms. The molecule has 0 atom stereocenters. The third kappa shape index (κ3) is 4.15. The number of anilines is 1. The van der Waals surface area contributed by atoms with Gasteiger partial charge in [0.2, 0.25) is 5.91 Å². The molecule has 2 aromatic rings. The van der Waals surface area contributed by atoms with E-state index < -0.39 is 10.1 Å². The van der Waals surface area contributed by atoms with Crippen LogP contribution in [0.15, 0.2) is 52.5 Å². The Balaban J connectivity index is 2.13. The van der Waals surface area contributed by atoms with E-state index in [4.69, 9.17) is 4.28 Å². The smallest absolute Gasteiger partial charge is 0.318 e. The first-order valence-corrected chi connectivity index (χ1v) is 8.52. The number of thiophene rings is 1. The summed E-state index contributed by atoms with van der Waals surface area (Å²) in [5, 5.41) is 6.96. The zero-order valence-electron chi connectivity index (χ0n) is 11.9. The molecule has 0 aliphatic rings. The summed E-state index contributed by atoms with van der Waals surface area (Å²) in [5.41, 5.74) is 0.404. The number of rotatable bonds is 5. The molecule has 0 saturated carbocycles. The quantitative estimate of drug-likeness (QED) is 0.671. The van der Waals surface area contributed by atoms with Crippen molar-refractivity contribution in [3.05, 3.63) is 47.3 Å². The summed E-state index contributed by atoms with van der Waals surface area (Å²) < 4.78 is 28.6. The predicted molar refractivity (Wildman–Crippen MR) is 85.5 cm³/mol. The van der Waals surface area contributed by atoms with E-state index >= 15 is 0 Å². The predicted octanol–water partition coefficient (Wildman–Crippen LogP) is 2.84. The Morgan fingerprint density at radius 1 is 1.14 bits per heavy atom. The van der Waals surface area contributed by atoms with Crippen molar-refractivity contribution in [2.24, 2.45) is 5.16 Å². The van der Waals surface area contributed by atoms with Gasteiger partial charge in [0.25, 0.3) is 0 Å². The van der Waals surface area contributed by atoms with Gasteiger partial charge in [0, 0.05) is 6.92 Å². The van der Waals surface area contributed by atoms with Gasteiger partial charge < -0.3 is 5.32 Å². The van der Waals surface area contributed by atoms with E-state index in [2.05, 4.69) is 10.5 Å². The molecule has 0 spiro atoms. The molecule has 1 heterocycles. The zero-order chi connectivity index (χ0) is 16.2. The molecule has 0 radical (unpaired) electrons. The number of carbonyl (C=O) groups is 1. The zero-order valence-corrected chi connectivity index (χ0v) is 13.6. The molecule has 0 aliphatic heterocycles. The molecule has 6 nitrogen and oxygen atoms in total. The number of nitrogens with one attached hydrogen (secondary N) is 1. The van der Waals surface area contributed by atoms with Gasteiger partial charge >= 0.3 is 10.1 Å². The molecule has 0 bridgehead atoms. The van der Waals surface area contributed by atoms with E-state index in [-0.39, 0.29) is 10.8 Å². The van der Waals surface area contributed by atoms with Crippen LogP contribution in [0.4, 0.5) is 5.00 Å². The molecule has 1 aromatic carbocycles. The van der Waals surface area contributed by atoms with E-state index in [1.807, 2.05) is 0 Å². The molecule has 116 valence electrons. The highest BCUT2D eigenvalue weighted by Crippen LogP contribution is 2.23. The lowest BCUT2D eigenvalue weighted by molar-refractivity contribution is -0.114. The van der Waals surface area contributed by atoms with Crippen LogP contribution < -0.4 is 5.32 Å². The molecule has 0 aliphatic carbocycles. The largest absolute Gasteiger partial charge is 0.358 e. The second-order valence-electron chi connectivity index (χ2n) is 4.36. The van der Waals surface area contributed by atoms with E-state index in [1.165, 1.54) is 30.4 Å². The number of nitrogens with zero attached hydrogens (tertiary/aromatic N) is 1. The first-order chi connectivity index (χ1) is 10.4. The van der Waals surface area contributed by atoms with Crippen molar-refractivity contribution in [1.29, 1.82) is 0 Å². The van der Waals surface area contributed by atoms with Gasteiger partial charge in [-0.25, -0.2) is 0 Å². The van der Waals surface area contributed by atoms with Crippen LogP contribution in [0.3, 0.4) is 0 Å². The summed E-state index contributed by atoms with van der Waals surface area (Å²) in [6.45, 7) is 3.04. The first-order valence-electron chi connectivity index (χ1n) is 6.29. The molecule has 1 N–H and O–H groups in total. The highest BCUT2D eigenvalue weighted by Gasteiger charge is 2.15. The maximum absolute atomic E-state index is 11.9. The fourth-order valence-electron chi connectivity index (χ4n) is 1.55. The molecule has 22 heavy (non-hydrogen) atoms. The fraction of sp³-hybridized carbons (Fsp3) is 0.143. The first kappa shape index (κ1) is 16.2. The SMILES string of the molecule is CC(=O)Nc1ccc(/C(C)=N/OS(=O)(=O)c2ccccc2)s1. The standard InChI is InChI=1S/C14H14N2O4S2/c1-10(13-8-9-14(21-13)15-11(2)17)16-20-22(18,19)12-6-4-3-5-7-12/h3-9H,1-2H3,(H,15,17)/b16-10+. The summed E-state index contributed by atoms with van der Waals surface area (Å²) in [5.74, 6) is -0.175. The van der Waals surface area contributed by atoms with Crippen molar-refractivity contribution in [1.82, 2.24) is 0 Å². The molecule has 1 aromatic heterocycles. The second kappa shape index (κ2) is 6.71. The summed E-state index contributed by atoms with van der Waals surface area (Å²) >= 11 is 1.28. The van der Waals surface area contributed by atoms with E-state index in [0.29, 0.717) is 15.6 Å². The fourth-order valence-corrected chi connectivity index (χ4v) is 3.23. The summed E-state index contributed by atoms with van der Waals surface area (Å²) in [6.07, 6.45) is 0. The van der Waals surface area contributed by atoms with E-state index in [1.54, 1.807) is 37.3 Å². The van der Waals surface area contributed by atoms with E-state index in [9.17, 15) is 13.2 Å². The van der Waals surface area contributed by atoms with Gasteiger partial charge in [-0.3, -0.25) is 9.08 Å². The van der Waals surface area contributed by atoms with Crippen molar-refractivity contribution in [3.8, 4) is 0 Å². The normalized spacial score (nSPS) is 12.0. The van der Waals surface area contributed by atoms with E-state index in [0.717, 1.165) is 0 Å². The highest BCUT2D eigenvalue weighted by molar-refractivity contribution is 7.86. The molecule has 0 saturated heterocycles. The lowest BCUT2D eigenvalue weighted by atomic mass is 10.3. The van der Waals surface area contributed by atoms with Gasteiger partial charge in [0.15, 0.2) is 0 Å². The van der Waals surface area contributed by atoms with Gasteiger partial charge in [-0.1, -0.05) is 23.4 Å². The number of oxime groups is 1. The minimum Gasteiger partial charge on any atom is -0.318 e. The van der Waals surface area contributed by atoms with Crippen LogP contribution in [0.25, 0.3) is 0 Å². The number of hydrogen-bond donors (Lipinski definition) is 1. The van der Waals surface area contributed by atoms with Crippen molar-refractivity contribution >= 4 is 38.1 Å². The van der Waals surface area contributed by atoms with Crippen LogP contribution >= 0.6 is 11.3 Å². The summed E-state index contributed by atoms with van der Waals surface area (Å²) in [6, 6.07) is 11.2. The van der Waals surface area contributed by atoms with Gasteiger partial charge in [0.05, 0.1) is 15.6 Å². The maximum atomic E-state index is 11.9. The average Bonchev–Trinajstić information content (AvgIpc) is 2.93. The van der Waals surface area contributed by atoms with Gasteiger partial charge in [0.1, 0.15) is 4.90 Å². The van der Waals surface area contributed by atoms with Crippen LogP contribution in [0.5, 0.6) is 0 Å². The topological polar surface area (TPSA) is 84.8 Å². The van der Waals surface area contributed by atoms with Crippen LogP contribution in [-0.2, 0) is 19.2 Å². The van der Waals surface area contributed by atoms with Crippen molar-refractivity contribution in [3.63, 3.8) is 0 Å². The third-order valence-electron chi connectivity index (χ3n) is 2.57. The minimum atomic E-state index is -3.93. The minimum absolute atomic E-state index is 0.0386. The van der Waals surface area contributed by atoms with Crippen LogP contribution in [0.2, 0.25) is 0 Å². The molecule has 2 rings (SSSR count). The lowest BCUT2D eigenvalue weighted by Gasteiger charge is -2.02. The Labute approximate surface area is 132 Å². The summed E-state index contributed by atoms with van der Waals surface area (Å²) in [7, 11) is -3.93. The second-order valence-corrected chi connectivity index (χ2v) is 6.98. The monoisotopic (exact) mass is 338 g/mol. The van der Waals surface area contributed by atoms with Crippen LogP contribution in [0.1, 0.15) is 18.7 Å². The summed E-state index contributed by atoms with van der Waals surface area (Å²) in [4.78, 5) is 11.7. The number of amides is 1. The van der Waals surface area contributed by atoms with Crippen molar-refractivity contribution in [2.45, 2.75) is 18.7 Å². The third-order valence-corrected chi connectivity index (χ3v) is 4.80.